The van der Waals surface area contributed by atoms with Crippen molar-refractivity contribution in [1.82, 2.24) is 9.55 Å². The summed E-state index contributed by atoms with van der Waals surface area (Å²) in [6.45, 7) is 1.99. The first kappa shape index (κ1) is 22.4. The summed E-state index contributed by atoms with van der Waals surface area (Å²) < 4.78 is 64.2. The number of aromatic nitrogens is 2. The molecule has 174 valence electrons. The van der Waals surface area contributed by atoms with E-state index in [-0.39, 0.29) is 30.4 Å². The van der Waals surface area contributed by atoms with E-state index in [9.17, 15) is 27.2 Å². The molecule has 1 aliphatic heterocycles. The quantitative estimate of drug-likeness (QED) is 0.580. The van der Waals surface area contributed by atoms with Gasteiger partial charge in [-0.2, -0.15) is 13.2 Å². The molecule has 3 heterocycles. The van der Waals surface area contributed by atoms with Crippen LogP contribution < -0.4 is 20.5 Å². The molecule has 1 saturated heterocycles. The first-order chi connectivity index (χ1) is 15.5. The van der Waals surface area contributed by atoms with Crippen molar-refractivity contribution in [3.05, 3.63) is 69.7 Å². The van der Waals surface area contributed by atoms with Gasteiger partial charge in [0.1, 0.15) is 29.0 Å². The van der Waals surface area contributed by atoms with E-state index in [2.05, 4.69) is 10.3 Å². The highest BCUT2D eigenvalue weighted by Crippen LogP contribution is 2.33. The van der Waals surface area contributed by atoms with Gasteiger partial charge in [0, 0.05) is 19.3 Å². The lowest BCUT2D eigenvalue weighted by Gasteiger charge is -2.41. The van der Waals surface area contributed by atoms with Crippen LogP contribution in [0.15, 0.2) is 45.9 Å². The normalized spacial score (nSPS) is 14.2. The van der Waals surface area contributed by atoms with Crippen molar-refractivity contribution < 1.29 is 31.5 Å². The molecule has 0 saturated carbocycles. The summed E-state index contributed by atoms with van der Waals surface area (Å²) in [6.07, 6.45) is -2.38. The predicted molar refractivity (Wildman–Crippen MR) is 109 cm³/mol. The van der Waals surface area contributed by atoms with Crippen molar-refractivity contribution in [2.75, 3.05) is 23.3 Å². The second kappa shape index (κ2) is 8.26. The van der Waals surface area contributed by atoms with Gasteiger partial charge in [-0.05, 0) is 25.1 Å². The fraction of sp³-hybridized carbons (Fsp3) is 0.286. The first-order valence-electron chi connectivity index (χ1n) is 9.74. The number of carbonyl (C=O) groups excluding carboxylic acids is 1. The van der Waals surface area contributed by atoms with Crippen LogP contribution >= 0.6 is 0 Å². The van der Waals surface area contributed by atoms with Crippen LogP contribution in [0, 0.1) is 12.7 Å². The number of nitrogens with one attached hydrogen (secondary N) is 1. The maximum Gasteiger partial charge on any atom is 0.416 e. The number of anilines is 2. The van der Waals surface area contributed by atoms with Crippen LogP contribution in [0.5, 0.6) is 5.75 Å². The SMILES string of the molecule is Cc1cnc(NC(=O)c2c(N3CC(Oc4cc(F)cc(C(F)(F)F)c4)C3)ccn(C)c2=O)o1. The second-order valence-electron chi connectivity index (χ2n) is 7.54. The summed E-state index contributed by atoms with van der Waals surface area (Å²) in [5.41, 5.74) is -1.55. The summed E-state index contributed by atoms with van der Waals surface area (Å²) >= 11 is 0. The number of rotatable bonds is 5. The standard InChI is InChI=1S/C21H18F4N4O4/c1-11-8-26-20(32-11)27-18(30)17-16(3-4-28(2)19(17)31)29-9-15(10-29)33-14-6-12(21(23,24)25)5-13(22)7-14/h3-8,15H,9-10H2,1-2H3,(H,26,27,30). The van der Waals surface area contributed by atoms with Crippen molar-refractivity contribution in [1.29, 1.82) is 0 Å². The van der Waals surface area contributed by atoms with Crippen molar-refractivity contribution in [3.8, 4) is 5.75 Å². The fourth-order valence-electron chi connectivity index (χ4n) is 3.36. The van der Waals surface area contributed by atoms with Gasteiger partial charge in [-0.25, -0.2) is 9.37 Å². The Balaban J connectivity index is 1.51. The number of pyridine rings is 1. The van der Waals surface area contributed by atoms with E-state index >= 15 is 0 Å². The Labute approximate surface area is 184 Å². The molecular formula is C21H18F4N4O4. The van der Waals surface area contributed by atoms with Gasteiger partial charge in [0.05, 0.1) is 30.5 Å². The van der Waals surface area contributed by atoms with E-state index in [1.54, 1.807) is 17.9 Å². The third kappa shape index (κ3) is 4.69. The molecule has 0 unspecified atom stereocenters. The van der Waals surface area contributed by atoms with E-state index in [0.717, 1.165) is 12.1 Å². The molecule has 3 aromatic rings. The zero-order chi connectivity index (χ0) is 23.9. The van der Waals surface area contributed by atoms with Crippen LogP contribution in [0.4, 0.5) is 29.3 Å². The fourth-order valence-corrected chi connectivity index (χ4v) is 3.36. The van der Waals surface area contributed by atoms with Crippen molar-refractivity contribution >= 4 is 17.6 Å². The molecule has 0 spiro atoms. The smallest absolute Gasteiger partial charge is 0.416 e. The highest BCUT2D eigenvalue weighted by Gasteiger charge is 2.35. The van der Waals surface area contributed by atoms with Crippen LogP contribution in [0.1, 0.15) is 21.7 Å². The second-order valence-corrected chi connectivity index (χ2v) is 7.54. The van der Waals surface area contributed by atoms with Gasteiger partial charge < -0.3 is 18.6 Å². The van der Waals surface area contributed by atoms with Gasteiger partial charge in [0.25, 0.3) is 11.5 Å². The van der Waals surface area contributed by atoms with E-state index in [4.69, 9.17) is 9.15 Å². The predicted octanol–water partition coefficient (Wildman–Crippen LogP) is 3.36. The maximum atomic E-state index is 13.6. The molecule has 1 fully saturated rings. The molecule has 33 heavy (non-hydrogen) atoms. The van der Waals surface area contributed by atoms with Crippen molar-refractivity contribution in [2.24, 2.45) is 7.05 Å². The highest BCUT2D eigenvalue weighted by molar-refractivity contribution is 6.07. The van der Waals surface area contributed by atoms with Gasteiger partial charge in [0.15, 0.2) is 0 Å². The van der Waals surface area contributed by atoms with Gasteiger partial charge in [-0.3, -0.25) is 14.9 Å². The van der Waals surface area contributed by atoms with Crippen molar-refractivity contribution in [2.45, 2.75) is 19.2 Å². The minimum atomic E-state index is -4.71. The zero-order valence-corrected chi connectivity index (χ0v) is 17.4. The molecule has 1 aliphatic rings. The molecule has 12 heteroatoms. The highest BCUT2D eigenvalue weighted by atomic mass is 19.4. The zero-order valence-electron chi connectivity index (χ0n) is 17.4. The molecule has 2 aromatic heterocycles. The summed E-state index contributed by atoms with van der Waals surface area (Å²) in [5, 5.41) is 2.43. The Morgan fingerprint density at radius 2 is 2.00 bits per heavy atom. The summed E-state index contributed by atoms with van der Waals surface area (Å²) in [6, 6.07) is 3.48. The third-order valence-electron chi connectivity index (χ3n) is 5.01. The molecule has 1 N–H and O–H groups in total. The molecule has 0 radical (unpaired) electrons. The van der Waals surface area contributed by atoms with Gasteiger partial charge in [0.2, 0.25) is 0 Å². The van der Waals surface area contributed by atoms with E-state index < -0.39 is 35.1 Å². The lowest BCUT2D eigenvalue weighted by molar-refractivity contribution is -0.137. The average molecular weight is 466 g/mol. The minimum Gasteiger partial charge on any atom is -0.487 e. The van der Waals surface area contributed by atoms with Crippen LogP contribution in [-0.2, 0) is 13.2 Å². The summed E-state index contributed by atoms with van der Waals surface area (Å²) in [5.74, 6) is -1.57. The molecule has 1 amide bonds. The van der Waals surface area contributed by atoms with Crippen LogP contribution in [0.2, 0.25) is 0 Å². The topological polar surface area (TPSA) is 89.6 Å². The van der Waals surface area contributed by atoms with Crippen molar-refractivity contribution in [3.63, 3.8) is 0 Å². The first-order valence-corrected chi connectivity index (χ1v) is 9.74. The molecular weight excluding hydrogens is 448 g/mol. The van der Waals surface area contributed by atoms with E-state index in [1.807, 2.05) is 0 Å². The van der Waals surface area contributed by atoms with Crippen LogP contribution in [0.25, 0.3) is 0 Å². The molecule has 1 aromatic carbocycles. The lowest BCUT2D eigenvalue weighted by Crippen LogP contribution is -2.55. The number of benzene rings is 1. The number of carbonyl (C=O) groups is 1. The number of hydrogen-bond acceptors (Lipinski definition) is 6. The monoisotopic (exact) mass is 466 g/mol. The molecule has 8 nitrogen and oxygen atoms in total. The van der Waals surface area contributed by atoms with Gasteiger partial charge >= 0.3 is 12.2 Å². The number of ether oxygens (including phenoxy) is 1. The molecule has 0 bridgehead atoms. The number of hydrogen-bond donors (Lipinski definition) is 1. The third-order valence-corrected chi connectivity index (χ3v) is 5.01. The van der Waals surface area contributed by atoms with E-state index in [0.29, 0.717) is 17.5 Å². The number of nitrogens with zero attached hydrogens (tertiary/aromatic N) is 3. The Morgan fingerprint density at radius 1 is 1.27 bits per heavy atom. The lowest BCUT2D eigenvalue weighted by atomic mass is 10.1. The molecule has 4 rings (SSSR count). The maximum absolute atomic E-state index is 13.6. The minimum absolute atomic E-state index is 0.0641. The molecule has 0 atom stereocenters. The van der Waals surface area contributed by atoms with Crippen LogP contribution in [-0.4, -0.2) is 34.7 Å². The number of amides is 1. The Bertz CT molecular complexity index is 1260. The Kier molecular flexibility index (Phi) is 5.60. The number of halogens is 4. The number of oxazole rings is 1. The average Bonchev–Trinajstić information content (AvgIpc) is 3.10. The summed E-state index contributed by atoms with van der Waals surface area (Å²) in [7, 11) is 1.49. The summed E-state index contributed by atoms with van der Waals surface area (Å²) in [4.78, 5) is 31.0. The van der Waals surface area contributed by atoms with E-state index in [1.165, 1.54) is 24.0 Å². The number of alkyl halides is 3. The van der Waals surface area contributed by atoms with Gasteiger partial charge in [-0.1, -0.05) is 0 Å². The Morgan fingerprint density at radius 3 is 2.64 bits per heavy atom. The van der Waals surface area contributed by atoms with Gasteiger partial charge in [-0.15, -0.1) is 0 Å². The Hall–Kier alpha value is -3.83. The number of aryl methyl sites for hydroxylation is 2. The largest absolute Gasteiger partial charge is 0.487 e. The van der Waals surface area contributed by atoms with Crippen LogP contribution in [0.3, 0.4) is 0 Å². The molecule has 0 aliphatic carbocycles.